The van der Waals surface area contributed by atoms with Crippen molar-refractivity contribution in [1.82, 2.24) is 9.97 Å². The Balaban J connectivity index is 1.88. The summed E-state index contributed by atoms with van der Waals surface area (Å²) in [5.74, 6) is 2.06. The average molecular weight is 383 g/mol. The predicted molar refractivity (Wildman–Crippen MR) is 116 cm³/mol. The molecule has 0 unspecified atom stereocenters. The molecule has 5 nitrogen and oxygen atoms in total. The SMILES string of the molecule is CC[C@H](C)Nc1nc(C(C)C)cc(N2CCc3cc(C(C)(C)O)ccc3C2)n1. The number of hydrogen-bond acceptors (Lipinski definition) is 5. The number of aromatic nitrogens is 2. The molecule has 0 aliphatic carbocycles. The van der Waals surface area contributed by atoms with Crippen molar-refractivity contribution in [3.63, 3.8) is 0 Å². The van der Waals surface area contributed by atoms with Gasteiger partial charge in [-0.15, -0.1) is 0 Å². The van der Waals surface area contributed by atoms with Crippen LogP contribution in [0.2, 0.25) is 0 Å². The second-order valence-corrected chi connectivity index (χ2v) is 8.80. The zero-order valence-electron chi connectivity index (χ0n) is 18.1. The molecule has 0 amide bonds. The van der Waals surface area contributed by atoms with Crippen molar-refractivity contribution >= 4 is 11.8 Å². The lowest BCUT2D eigenvalue weighted by molar-refractivity contribution is 0.0785. The summed E-state index contributed by atoms with van der Waals surface area (Å²) in [6, 6.07) is 8.82. The van der Waals surface area contributed by atoms with E-state index < -0.39 is 5.60 Å². The van der Waals surface area contributed by atoms with E-state index in [0.29, 0.717) is 12.0 Å². The maximum absolute atomic E-state index is 10.3. The van der Waals surface area contributed by atoms with Crippen LogP contribution in [0.4, 0.5) is 11.8 Å². The minimum atomic E-state index is -0.804. The summed E-state index contributed by atoms with van der Waals surface area (Å²) < 4.78 is 0. The second kappa shape index (κ2) is 8.08. The summed E-state index contributed by atoms with van der Waals surface area (Å²) >= 11 is 0. The third-order valence-electron chi connectivity index (χ3n) is 5.56. The Morgan fingerprint density at radius 1 is 1.14 bits per heavy atom. The van der Waals surface area contributed by atoms with Crippen LogP contribution in [0.25, 0.3) is 0 Å². The van der Waals surface area contributed by atoms with E-state index in [1.165, 1.54) is 11.1 Å². The first-order valence-corrected chi connectivity index (χ1v) is 10.4. The summed E-state index contributed by atoms with van der Waals surface area (Å²) in [4.78, 5) is 11.9. The molecule has 152 valence electrons. The molecule has 5 heteroatoms. The Bertz CT molecular complexity index is 826. The highest BCUT2D eigenvalue weighted by atomic mass is 16.3. The molecular formula is C23H34N4O. The molecule has 0 saturated heterocycles. The molecule has 1 aromatic carbocycles. The highest BCUT2D eigenvalue weighted by molar-refractivity contribution is 5.49. The van der Waals surface area contributed by atoms with Crippen LogP contribution in [0.15, 0.2) is 24.3 Å². The van der Waals surface area contributed by atoms with Gasteiger partial charge in [0.25, 0.3) is 0 Å². The largest absolute Gasteiger partial charge is 0.386 e. The van der Waals surface area contributed by atoms with Crippen molar-refractivity contribution < 1.29 is 5.11 Å². The molecule has 0 spiro atoms. The standard InChI is InChI=1S/C23H34N4O/c1-7-16(4)24-22-25-20(15(2)3)13-21(26-22)27-11-10-17-12-19(23(5,6)28)9-8-18(17)14-27/h8-9,12-13,15-16,28H,7,10-11,14H2,1-6H3,(H,24,25,26)/t16-/m0/s1. The molecule has 2 heterocycles. The number of benzene rings is 1. The fourth-order valence-corrected chi connectivity index (χ4v) is 3.43. The molecule has 0 fully saturated rings. The normalized spacial score (nSPS) is 15.5. The molecule has 1 aliphatic heterocycles. The van der Waals surface area contributed by atoms with Crippen molar-refractivity contribution in [3.05, 3.63) is 46.6 Å². The Kier molecular flexibility index (Phi) is 5.94. The number of rotatable bonds is 6. The lowest BCUT2D eigenvalue weighted by Gasteiger charge is -2.31. The summed E-state index contributed by atoms with van der Waals surface area (Å²) in [6.45, 7) is 14.1. The van der Waals surface area contributed by atoms with Crippen LogP contribution in [0.1, 0.15) is 76.3 Å². The van der Waals surface area contributed by atoms with E-state index in [1.54, 1.807) is 0 Å². The quantitative estimate of drug-likeness (QED) is 0.764. The van der Waals surface area contributed by atoms with Crippen LogP contribution in [0.3, 0.4) is 0 Å². The molecule has 3 rings (SSSR count). The monoisotopic (exact) mass is 382 g/mol. The third-order valence-corrected chi connectivity index (χ3v) is 5.56. The number of anilines is 2. The first-order chi connectivity index (χ1) is 13.2. The van der Waals surface area contributed by atoms with Crippen LogP contribution in [0.5, 0.6) is 0 Å². The fourth-order valence-electron chi connectivity index (χ4n) is 3.43. The van der Waals surface area contributed by atoms with Gasteiger partial charge in [-0.3, -0.25) is 0 Å². The lowest BCUT2D eigenvalue weighted by Crippen LogP contribution is -2.32. The number of nitrogens with zero attached hydrogens (tertiary/aromatic N) is 3. The highest BCUT2D eigenvalue weighted by Gasteiger charge is 2.23. The maximum atomic E-state index is 10.3. The summed E-state index contributed by atoms with van der Waals surface area (Å²) in [6.07, 6.45) is 1.99. The molecule has 2 N–H and O–H groups in total. The number of fused-ring (bicyclic) bond motifs is 1. The molecule has 1 aromatic heterocycles. The van der Waals surface area contributed by atoms with Gasteiger partial charge in [-0.1, -0.05) is 39.0 Å². The van der Waals surface area contributed by atoms with Gasteiger partial charge in [0.15, 0.2) is 0 Å². The van der Waals surface area contributed by atoms with Gasteiger partial charge >= 0.3 is 0 Å². The van der Waals surface area contributed by atoms with Crippen LogP contribution in [0, 0.1) is 0 Å². The molecule has 1 atom stereocenters. The molecule has 2 aromatic rings. The third kappa shape index (κ3) is 4.64. The van der Waals surface area contributed by atoms with Crippen molar-refractivity contribution in [3.8, 4) is 0 Å². The van der Waals surface area contributed by atoms with Gasteiger partial charge in [0.2, 0.25) is 5.95 Å². The zero-order valence-corrected chi connectivity index (χ0v) is 18.1. The Morgan fingerprint density at radius 3 is 2.54 bits per heavy atom. The molecule has 28 heavy (non-hydrogen) atoms. The average Bonchev–Trinajstić information content (AvgIpc) is 2.66. The molecular weight excluding hydrogens is 348 g/mol. The van der Waals surface area contributed by atoms with Gasteiger partial charge in [0.05, 0.1) is 11.3 Å². The van der Waals surface area contributed by atoms with Crippen molar-refractivity contribution in [1.29, 1.82) is 0 Å². The van der Waals surface area contributed by atoms with E-state index >= 15 is 0 Å². The summed E-state index contributed by atoms with van der Waals surface area (Å²) in [5.41, 5.74) is 3.87. The number of hydrogen-bond donors (Lipinski definition) is 2. The van der Waals surface area contributed by atoms with E-state index in [4.69, 9.17) is 9.97 Å². The fraction of sp³-hybridized carbons (Fsp3) is 0.565. The van der Waals surface area contributed by atoms with Gasteiger partial charge in [-0.2, -0.15) is 4.98 Å². The number of nitrogens with one attached hydrogen (secondary N) is 1. The molecule has 1 aliphatic rings. The van der Waals surface area contributed by atoms with Gasteiger partial charge in [0.1, 0.15) is 5.82 Å². The van der Waals surface area contributed by atoms with Crippen molar-refractivity contribution in [2.45, 2.75) is 78.5 Å². The van der Waals surface area contributed by atoms with Crippen LogP contribution in [-0.2, 0) is 18.6 Å². The van der Waals surface area contributed by atoms with E-state index in [9.17, 15) is 5.11 Å². The smallest absolute Gasteiger partial charge is 0.225 e. The van der Waals surface area contributed by atoms with Gasteiger partial charge in [0, 0.05) is 25.2 Å². The zero-order chi connectivity index (χ0) is 20.5. The van der Waals surface area contributed by atoms with Crippen molar-refractivity contribution in [2.24, 2.45) is 0 Å². The summed E-state index contributed by atoms with van der Waals surface area (Å²) in [7, 11) is 0. The highest BCUT2D eigenvalue weighted by Crippen LogP contribution is 2.29. The summed E-state index contributed by atoms with van der Waals surface area (Å²) in [5, 5.41) is 13.7. The predicted octanol–water partition coefficient (Wildman–Crippen LogP) is 4.60. The van der Waals surface area contributed by atoms with Gasteiger partial charge in [-0.25, -0.2) is 4.98 Å². The Morgan fingerprint density at radius 2 is 1.89 bits per heavy atom. The van der Waals surface area contributed by atoms with Crippen LogP contribution in [-0.4, -0.2) is 27.7 Å². The van der Waals surface area contributed by atoms with E-state index in [2.05, 4.69) is 56.1 Å². The molecule has 0 radical (unpaired) electrons. The first-order valence-electron chi connectivity index (χ1n) is 10.4. The topological polar surface area (TPSA) is 61.3 Å². The molecule has 0 bridgehead atoms. The van der Waals surface area contributed by atoms with Crippen molar-refractivity contribution in [2.75, 3.05) is 16.8 Å². The van der Waals surface area contributed by atoms with Crippen LogP contribution < -0.4 is 10.2 Å². The Labute approximate surface area is 169 Å². The first kappa shape index (κ1) is 20.6. The maximum Gasteiger partial charge on any atom is 0.225 e. The minimum Gasteiger partial charge on any atom is -0.386 e. The molecule has 0 saturated carbocycles. The van der Waals surface area contributed by atoms with E-state index in [0.717, 1.165) is 49.0 Å². The minimum absolute atomic E-state index is 0.345. The van der Waals surface area contributed by atoms with Crippen LogP contribution >= 0.6 is 0 Å². The lowest BCUT2D eigenvalue weighted by atomic mass is 9.91. The van der Waals surface area contributed by atoms with Gasteiger partial charge < -0.3 is 15.3 Å². The Hall–Kier alpha value is -2.14. The van der Waals surface area contributed by atoms with Gasteiger partial charge in [-0.05, 0) is 56.2 Å². The second-order valence-electron chi connectivity index (χ2n) is 8.80. The van der Waals surface area contributed by atoms with E-state index in [1.807, 2.05) is 19.9 Å². The van der Waals surface area contributed by atoms with E-state index in [-0.39, 0.29) is 0 Å². The number of aliphatic hydroxyl groups is 1.